The minimum absolute atomic E-state index is 0.842. The van der Waals surface area contributed by atoms with Crippen molar-refractivity contribution in [1.29, 1.82) is 0 Å². The second kappa shape index (κ2) is 6.03. The molecule has 90 valence electrons. The highest BCUT2D eigenvalue weighted by Crippen LogP contribution is 2.09. The minimum Gasteiger partial charge on any atom is -0.384 e. The summed E-state index contributed by atoms with van der Waals surface area (Å²) in [5, 5.41) is 7.50. The number of hydrogen-bond donors (Lipinski definition) is 1. The van der Waals surface area contributed by atoms with E-state index in [2.05, 4.69) is 22.3 Å². The topological polar surface area (TPSA) is 42.7 Å². The zero-order chi connectivity index (χ0) is 11.9. The molecule has 0 aliphatic carbocycles. The predicted molar refractivity (Wildman–Crippen MR) is 69.4 cm³/mol. The molecule has 2 aromatic heterocycles. The summed E-state index contributed by atoms with van der Waals surface area (Å²) in [6.45, 7) is 3.22. The first kappa shape index (κ1) is 11.6. The lowest BCUT2D eigenvalue weighted by molar-refractivity contribution is 0.743. The van der Waals surface area contributed by atoms with Crippen LogP contribution in [0.4, 0.5) is 5.69 Å². The Morgan fingerprint density at radius 1 is 1.29 bits per heavy atom. The first-order valence-electron chi connectivity index (χ1n) is 6.10. The largest absolute Gasteiger partial charge is 0.384 e. The minimum atomic E-state index is 0.842. The Kier molecular flexibility index (Phi) is 4.13. The number of pyridine rings is 1. The molecule has 0 radical (unpaired) electrons. The molecule has 0 atom stereocenters. The second-order valence-electron chi connectivity index (χ2n) is 3.99. The monoisotopic (exact) mass is 230 g/mol. The van der Waals surface area contributed by atoms with Gasteiger partial charge in [0.2, 0.25) is 0 Å². The molecule has 0 fully saturated rings. The van der Waals surface area contributed by atoms with E-state index in [4.69, 9.17) is 0 Å². The summed E-state index contributed by atoms with van der Waals surface area (Å²) in [7, 11) is 0. The summed E-state index contributed by atoms with van der Waals surface area (Å²) in [4.78, 5) is 4.36. The van der Waals surface area contributed by atoms with Gasteiger partial charge in [-0.05, 0) is 24.6 Å². The van der Waals surface area contributed by atoms with E-state index in [0.717, 1.165) is 18.1 Å². The molecular weight excluding hydrogens is 212 g/mol. The molecule has 2 rings (SSSR count). The molecule has 1 N–H and O–H groups in total. The van der Waals surface area contributed by atoms with Gasteiger partial charge in [0.1, 0.15) is 0 Å². The van der Waals surface area contributed by atoms with Crippen LogP contribution in [0.25, 0.3) is 5.82 Å². The molecule has 0 saturated carbocycles. The summed E-state index contributed by atoms with van der Waals surface area (Å²) in [5.74, 6) is 0.842. The highest BCUT2D eigenvalue weighted by atomic mass is 15.3. The molecule has 0 bridgehead atoms. The van der Waals surface area contributed by atoms with Gasteiger partial charge < -0.3 is 5.32 Å². The van der Waals surface area contributed by atoms with E-state index < -0.39 is 0 Å². The van der Waals surface area contributed by atoms with Crippen LogP contribution in [-0.4, -0.2) is 21.3 Å². The van der Waals surface area contributed by atoms with Gasteiger partial charge in [0.15, 0.2) is 5.82 Å². The Morgan fingerprint density at radius 2 is 2.24 bits per heavy atom. The van der Waals surface area contributed by atoms with Gasteiger partial charge in [0, 0.05) is 18.9 Å². The maximum absolute atomic E-state index is 4.36. The highest BCUT2D eigenvalue weighted by Gasteiger charge is 1.97. The van der Waals surface area contributed by atoms with E-state index in [0.29, 0.717) is 0 Å². The molecule has 0 amide bonds. The summed E-state index contributed by atoms with van der Waals surface area (Å²) in [5.41, 5.74) is 1.07. The number of nitrogens with zero attached hydrogens (tertiary/aromatic N) is 3. The standard InChI is InChI=1S/C13H18N4/c1-2-3-4-8-14-12-6-7-13(15-11-12)17-10-5-9-16-17/h5-7,9-11,14H,2-4,8H2,1H3. The van der Waals surface area contributed by atoms with Crippen LogP contribution in [0.2, 0.25) is 0 Å². The lowest BCUT2D eigenvalue weighted by Gasteiger charge is -2.06. The normalized spacial score (nSPS) is 10.4. The van der Waals surface area contributed by atoms with Gasteiger partial charge >= 0.3 is 0 Å². The molecule has 2 heterocycles. The Bertz CT molecular complexity index is 419. The van der Waals surface area contributed by atoms with Crippen LogP contribution in [0.1, 0.15) is 26.2 Å². The van der Waals surface area contributed by atoms with Gasteiger partial charge in [0.25, 0.3) is 0 Å². The van der Waals surface area contributed by atoms with Gasteiger partial charge in [-0.2, -0.15) is 5.10 Å². The molecule has 0 saturated heterocycles. The van der Waals surface area contributed by atoms with Gasteiger partial charge in [-0.3, -0.25) is 0 Å². The molecule has 0 unspecified atom stereocenters. The molecule has 4 nitrogen and oxygen atoms in total. The Morgan fingerprint density at radius 3 is 2.88 bits per heavy atom. The maximum atomic E-state index is 4.36. The third kappa shape index (κ3) is 3.31. The fourth-order valence-corrected chi connectivity index (χ4v) is 1.64. The van der Waals surface area contributed by atoms with Crippen molar-refractivity contribution in [3.05, 3.63) is 36.8 Å². The Hall–Kier alpha value is -1.84. The third-order valence-corrected chi connectivity index (χ3v) is 2.60. The number of nitrogens with one attached hydrogen (secondary N) is 1. The first-order chi connectivity index (χ1) is 8.40. The van der Waals surface area contributed by atoms with Crippen LogP contribution in [0.5, 0.6) is 0 Å². The lowest BCUT2D eigenvalue weighted by atomic mass is 10.2. The Labute approximate surface area is 102 Å². The zero-order valence-corrected chi connectivity index (χ0v) is 10.1. The van der Waals surface area contributed by atoms with Crippen LogP contribution in [0.3, 0.4) is 0 Å². The molecule has 0 aliphatic heterocycles. The SMILES string of the molecule is CCCCCNc1ccc(-n2cccn2)nc1. The molecule has 4 heteroatoms. The molecule has 0 aliphatic rings. The summed E-state index contributed by atoms with van der Waals surface area (Å²) < 4.78 is 1.75. The van der Waals surface area contributed by atoms with Gasteiger partial charge in [0.05, 0.1) is 11.9 Å². The van der Waals surface area contributed by atoms with Crippen molar-refractivity contribution in [2.45, 2.75) is 26.2 Å². The van der Waals surface area contributed by atoms with Crippen LogP contribution in [0.15, 0.2) is 36.8 Å². The van der Waals surface area contributed by atoms with E-state index >= 15 is 0 Å². The van der Waals surface area contributed by atoms with Crippen molar-refractivity contribution in [3.63, 3.8) is 0 Å². The zero-order valence-electron chi connectivity index (χ0n) is 10.1. The van der Waals surface area contributed by atoms with Crippen molar-refractivity contribution in [2.24, 2.45) is 0 Å². The van der Waals surface area contributed by atoms with E-state index in [9.17, 15) is 0 Å². The van der Waals surface area contributed by atoms with Crippen molar-refractivity contribution < 1.29 is 0 Å². The summed E-state index contributed by atoms with van der Waals surface area (Å²) in [6, 6.07) is 5.89. The average molecular weight is 230 g/mol. The summed E-state index contributed by atoms with van der Waals surface area (Å²) >= 11 is 0. The molecule has 0 aromatic carbocycles. The first-order valence-corrected chi connectivity index (χ1v) is 6.10. The smallest absolute Gasteiger partial charge is 0.153 e. The van der Waals surface area contributed by atoms with Crippen molar-refractivity contribution in [2.75, 3.05) is 11.9 Å². The maximum Gasteiger partial charge on any atom is 0.153 e. The molecule has 2 aromatic rings. The second-order valence-corrected chi connectivity index (χ2v) is 3.99. The van der Waals surface area contributed by atoms with Crippen molar-refractivity contribution in [3.8, 4) is 5.82 Å². The Balaban J connectivity index is 1.90. The highest BCUT2D eigenvalue weighted by molar-refractivity contribution is 5.43. The van der Waals surface area contributed by atoms with E-state index in [1.807, 2.05) is 30.6 Å². The molecular formula is C13H18N4. The number of anilines is 1. The lowest BCUT2D eigenvalue weighted by Crippen LogP contribution is -2.03. The van der Waals surface area contributed by atoms with Gasteiger partial charge in [-0.15, -0.1) is 0 Å². The predicted octanol–water partition coefficient (Wildman–Crippen LogP) is 2.87. The van der Waals surface area contributed by atoms with Gasteiger partial charge in [-0.1, -0.05) is 19.8 Å². The number of rotatable bonds is 6. The third-order valence-electron chi connectivity index (χ3n) is 2.60. The van der Waals surface area contributed by atoms with Crippen LogP contribution in [-0.2, 0) is 0 Å². The van der Waals surface area contributed by atoms with E-state index in [-0.39, 0.29) is 0 Å². The number of aromatic nitrogens is 3. The fraction of sp³-hybridized carbons (Fsp3) is 0.385. The number of unbranched alkanes of at least 4 members (excludes halogenated alkanes) is 2. The van der Waals surface area contributed by atoms with Gasteiger partial charge in [-0.25, -0.2) is 9.67 Å². The quantitative estimate of drug-likeness (QED) is 0.776. The molecule has 17 heavy (non-hydrogen) atoms. The van der Waals surface area contributed by atoms with Crippen molar-refractivity contribution in [1.82, 2.24) is 14.8 Å². The fourth-order valence-electron chi connectivity index (χ4n) is 1.64. The van der Waals surface area contributed by atoms with Crippen LogP contribution >= 0.6 is 0 Å². The number of hydrogen-bond acceptors (Lipinski definition) is 3. The van der Waals surface area contributed by atoms with E-state index in [1.54, 1.807) is 10.9 Å². The van der Waals surface area contributed by atoms with Crippen LogP contribution in [0, 0.1) is 0 Å². The summed E-state index contributed by atoms with van der Waals surface area (Å²) in [6.07, 6.45) is 9.21. The van der Waals surface area contributed by atoms with Crippen LogP contribution < -0.4 is 5.32 Å². The van der Waals surface area contributed by atoms with E-state index in [1.165, 1.54) is 19.3 Å². The molecule has 0 spiro atoms. The van der Waals surface area contributed by atoms with Crippen molar-refractivity contribution >= 4 is 5.69 Å². The average Bonchev–Trinajstić information content (AvgIpc) is 2.89.